The summed E-state index contributed by atoms with van der Waals surface area (Å²) in [6, 6.07) is 23.7. The molecule has 0 saturated heterocycles. The molecule has 0 bridgehead atoms. The van der Waals surface area contributed by atoms with Crippen LogP contribution in [-0.4, -0.2) is 40.8 Å². The zero-order valence-electron chi connectivity index (χ0n) is 20.4. The summed E-state index contributed by atoms with van der Waals surface area (Å²) in [4.78, 5) is 33.0. The van der Waals surface area contributed by atoms with Gasteiger partial charge in [-0.1, -0.05) is 67.8 Å². The molecule has 2 amide bonds. The van der Waals surface area contributed by atoms with Gasteiger partial charge in [0.15, 0.2) is 6.61 Å². The maximum absolute atomic E-state index is 13.7. The van der Waals surface area contributed by atoms with Gasteiger partial charge in [-0.15, -0.1) is 11.3 Å². The van der Waals surface area contributed by atoms with E-state index in [0.29, 0.717) is 18.8 Å². The van der Waals surface area contributed by atoms with Gasteiger partial charge in [-0.3, -0.25) is 9.59 Å². The average molecular weight is 491 g/mol. The highest BCUT2D eigenvalue weighted by molar-refractivity contribution is 7.11. The highest BCUT2D eigenvalue weighted by Crippen LogP contribution is 2.24. The van der Waals surface area contributed by atoms with E-state index in [9.17, 15) is 9.59 Å². The number of rotatable bonds is 10. The second-order valence-electron chi connectivity index (χ2n) is 9.16. The second kappa shape index (κ2) is 12.5. The van der Waals surface area contributed by atoms with E-state index >= 15 is 0 Å². The molecule has 1 aliphatic carbocycles. The number of para-hydroxylation sites is 1. The fourth-order valence-electron chi connectivity index (χ4n) is 4.60. The Labute approximate surface area is 212 Å². The molecular formula is C29H34N2O3S. The molecule has 4 rings (SSSR count). The van der Waals surface area contributed by atoms with Crippen LogP contribution in [0.5, 0.6) is 5.75 Å². The number of hydrogen-bond acceptors (Lipinski definition) is 4. The smallest absolute Gasteiger partial charge is 0.261 e. The average Bonchev–Trinajstić information content (AvgIpc) is 3.31. The molecule has 0 radical (unpaired) electrons. The first-order valence-corrected chi connectivity index (χ1v) is 13.2. The Kier molecular flexibility index (Phi) is 8.96. The third-order valence-electron chi connectivity index (χ3n) is 6.46. The van der Waals surface area contributed by atoms with Crippen LogP contribution in [0.25, 0.3) is 0 Å². The maximum atomic E-state index is 13.7. The van der Waals surface area contributed by atoms with Crippen molar-refractivity contribution in [3.63, 3.8) is 0 Å². The molecule has 184 valence electrons. The Hall–Kier alpha value is -3.12. The van der Waals surface area contributed by atoms with Crippen LogP contribution in [0.3, 0.4) is 0 Å². The van der Waals surface area contributed by atoms with Crippen molar-refractivity contribution in [1.29, 1.82) is 0 Å². The van der Waals surface area contributed by atoms with Crippen LogP contribution in [-0.2, 0) is 22.7 Å². The molecule has 0 spiro atoms. The van der Waals surface area contributed by atoms with Crippen molar-refractivity contribution in [3.8, 4) is 5.75 Å². The summed E-state index contributed by atoms with van der Waals surface area (Å²) in [5.41, 5.74) is 1.08. The number of carbonyl (C=O) groups is 2. The number of carbonyl (C=O) groups excluding carboxylic acids is 2. The zero-order chi connectivity index (χ0) is 24.5. The summed E-state index contributed by atoms with van der Waals surface area (Å²) in [7, 11) is 0. The van der Waals surface area contributed by atoms with Crippen molar-refractivity contribution >= 4 is 23.2 Å². The molecule has 1 saturated carbocycles. The molecule has 1 aliphatic rings. The van der Waals surface area contributed by atoms with Crippen molar-refractivity contribution in [2.45, 2.75) is 58.2 Å². The van der Waals surface area contributed by atoms with Gasteiger partial charge in [0, 0.05) is 22.3 Å². The highest BCUT2D eigenvalue weighted by Gasteiger charge is 2.29. The number of nitrogens with zero attached hydrogens (tertiary/aromatic N) is 2. The highest BCUT2D eigenvalue weighted by atomic mass is 32.1. The van der Waals surface area contributed by atoms with Crippen LogP contribution >= 0.6 is 11.3 Å². The Morgan fingerprint density at radius 3 is 2.20 bits per heavy atom. The van der Waals surface area contributed by atoms with Crippen molar-refractivity contribution in [3.05, 3.63) is 88.1 Å². The molecule has 0 atom stereocenters. The standard InChI is InChI=1S/C29H34N2O3S/c1-23-17-18-27(35-23)20-30(19-24-11-5-2-6-12-24)28(32)21-31(25-13-7-3-8-14-25)29(33)22-34-26-15-9-4-10-16-26/h2,4-6,9-12,15-18,25H,3,7-8,13-14,19-22H2,1H3. The van der Waals surface area contributed by atoms with E-state index in [-0.39, 0.29) is 31.0 Å². The van der Waals surface area contributed by atoms with Gasteiger partial charge in [-0.05, 0) is 49.6 Å². The van der Waals surface area contributed by atoms with E-state index in [1.165, 1.54) is 11.3 Å². The molecule has 0 unspecified atom stereocenters. The molecule has 0 N–H and O–H groups in total. The van der Waals surface area contributed by atoms with Crippen LogP contribution in [0.2, 0.25) is 0 Å². The van der Waals surface area contributed by atoms with E-state index in [4.69, 9.17) is 4.74 Å². The quantitative estimate of drug-likeness (QED) is 0.360. The number of amides is 2. The van der Waals surface area contributed by atoms with E-state index in [1.807, 2.05) is 65.6 Å². The summed E-state index contributed by atoms with van der Waals surface area (Å²) in [5, 5.41) is 0. The Morgan fingerprint density at radius 2 is 1.54 bits per heavy atom. The SMILES string of the molecule is Cc1ccc(CN(Cc2ccccc2)C(=O)CN(C(=O)COc2ccccc2)C2CCCCC2)s1. The largest absolute Gasteiger partial charge is 0.484 e. The fraction of sp³-hybridized carbons (Fsp3) is 0.379. The molecule has 1 heterocycles. The van der Waals surface area contributed by atoms with Crippen LogP contribution < -0.4 is 4.74 Å². The van der Waals surface area contributed by atoms with Crippen molar-refractivity contribution in [1.82, 2.24) is 9.80 Å². The lowest BCUT2D eigenvalue weighted by atomic mass is 9.94. The molecule has 5 nitrogen and oxygen atoms in total. The minimum absolute atomic E-state index is 0.0291. The number of hydrogen-bond donors (Lipinski definition) is 0. The molecular weight excluding hydrogens is 456 g/mol. The molecule has 1 fully saturated rings. The predicted octanol–water partition coefficient (Wildman–Crippen LogP) is 5.83. The van der Waals surface area contributed by atoms with Crippen LogP contribution in [0.15, 0.2) is 72.8 Å². The van der Waals surface area contributed by atoms with Gasteiger partial charge >= 0.3 is 0 Å². The molecule has 35 heavy (non-hydrogen) atoms. The maximum Gasteiger partial charge on any atom is 0.261 e. The third-order valence-corrected chi connectivity index (χ3v) is 7.44. The zero-order valence-corrected chi connectivity index (χ0v) is 21.2. The molecule has 2 aromatic carbocycles. The Balaban J connectivity index is 1.49. The molecule has 0 aliphatic heterocycles. The van der Waals surface area contributed by atoms with Gasteiger partial charge in [0.2, 0.25) is 5.91 Å². The van der Waals surface area contributed by atoms with E-state index in [0.717, 1.165) is 36.1 Å². The second-order valence-corrected chi connectivity index (χ2v) is 10.5. The molecule has 1 aromatic heterocycles. The first kappa shape index (κ1) is 25.0. The number of thiophene rings is 1. The predicted molar refractivity (Wildman–Crippen MR) is 140 cm³/mol. The van der Waals surface area contributed by atoms with Gasteiger partial charge in [0.25, 0.3) is 5.91 Å². The first-order chi connectivity index (χ1) is 17.1. The van der Waals surface area contributed by atoms with Gasteiger partial charge in [-0.2, -0.15) is 0 Å². The minimum Gasteiger partial charge on any atom is -0.484 e. The molecule has 3 aromatic rings. The monoisotopic (exact) mass is 490 g/mol. The summed E-state index contributed by atoms with van der Waals surface area (Å²) in [6.45, 7) is 3.16. The van der Waals surface area contributed by atoms with Crippen molar-refractivity contribution < 1.29 is 14.3 Å². The number of ether oxygens (including phenoxy) is 1. The Morgan fingerprint density at radius 1 is 0.857 bits per heavy atom. The topological polar surface area (TPSA) is 49.9 Å². The normalized spacial score (nSPS) is 13.9. The fourth-order valence-corrected chi connectivity index (χ4v) is 5.50. The Bertz CT molecular complexity index is 1080. The summed E-state index contributed by atoms with van der Waals surface area (Å²) < 4.78 is 5.76. The minimum atomic E-state index is -0.124. The number of benzene rings is 2. The van der Waals surface area contributed by atoms with Crippen molar-refractivity contribution in [2.24, 2.45) is 0 Å². The van der Waals surface area contributed by atoms with E-state index < -0.39 is 0 Å². The first-order valence-electron chi connectivity index (χ1n) is 12.4. The van der Waals surface area contributed by atoms with Crippen molar-refractivity contribution in [2.75, 3.05) is 13.2 Å². The third kappa shape index (κ3) is 7.43. The van der Waals surface area contributed by atoms with Gasteiger partial charge in [-0.25, -0.2) is 0 Å². The summed E-state index contributed by atoms with van der Waals surface area (Å²) >= 11 is 1.71. The van der Waals surface area contributed by atoms with Crippen LogP contribution in [0.4, 0.5) is 0 Å². The van der Waals surface area contributed by atoms with Gasteiger partial charge in [0.1, 0.15) is 12.3 Å². The lowest BCUT2D eigenvalue weighted by Gasteiger charge is -2.35. The van der Waals surface area contributed by atoms with E-state index in [2.05, 4.69) is 19.1 Å². The molecule has 6 heteroatoms. The van der Waals surface area contributed by atoms with Gasteiger partial charge < -0.3 is 14.5 Å². The van der Waals surface area contributed by atoms with Gasteiger partial charge in [0.05, 0.1) is 6.54 Å². The lowest BCUT2D eigenvalue weighted by Crippen LogP contribution is -2.49. The van der Waals surface area contributed by atoms with Crippen LogP contribution in [0, 0.1) is 6.92 Å². The lowest BCUT2D eigenvalue weighted by molar-refractivity contribution is -0.145. The van der Waals surface area contributed by atoms with E-state index in [1.54, 1.807) is 16.2 Å². The summed E-state index contributed by atoms with van der Waals surface area (Å²) in [6.07, 6.45) is 5.24. The number of aryl methyl sites for hydroxylation is 1. The summed E-state index contributed by atoms with van der Waals surface area (Å²) in [5.74, 6) is 0.508. The van der Waals surface area contributed by atoms with Crippen LogP contribution in [0.1, 0.15) is 47.4 Å².